The molecule has 1 unspecified atom stereocenters. The van der Waals surface area contributed by atoms with E-state index in [4.69, 9.17) is 0 Å². The molecule has 0 amide bonds. The fourth-order valence-electron chi connectivity index (χ4n) is 2.51. The van der Waals surface area contributed by atoms with Gasteiger partial charge in [0.25, 0.3) is 0 Å². The van der Waals surface area contributed by atoms with Crippen LogP contribution in [0.25, 0.3) is 0 Å². The smallest absolute Gasteiger partial charge is 0.146 e. The maximum atomic E-state index is 14.0. The molecule has 0 spiro atoms. The molecular weight excluding hydrogens is 251 g/mol. The zero-order chi connectivity index (χ0) is 14.6. The molecule has 112 valence electrons. The molecule has 1 aromatic carbocycles. The Bertz CT molecular complexity index is 431. The van der Waals surface area contributed by atoms with Crippen LogP contribution < -0.4 is 10.2 Å². The van der Waals surface area contributed by atoms with Crippen molar-refractivity contribution < 1.29 is 4.39 Å². The van der Waals surface area contributed by atoms with E-state index >= 15 is 0 Å². The van der Waals surface area contributed by atoms with Crippen molar-refractivity contribution in [3.63, 3.8) is 0 Å². The Morgan fingerprint density at radius 1 is 1.30 bits per heavy atom. The molecular formula is C17H27FN2. The first-order chi connectivity index (χ1) is 9.58. The van der Waals surface area contributed by atoms with E-state index in [9.17, 15) is 4.39 Å². The first-order valence-electron chi connectivity index (χ1n) is 7.81. The number of hydrogen-bond donors (Lipinski definition) is 1. The number of anilines is 1. The van der Waals surface area contributed by atoms with Crippen molar-refractivity contribution in [1.82, 2.24) is 5.32 Å². The molecule has 1 N–H and O–H groups in total. The third kappa shape index (κ3) is 3.95. The summed E-state index contributed by atoms with van der Waals surface area (Å²) in [6.45, 7) is 9.35. The minimum atomic E-state index is -0.122. The van der Waals surface area contributed by atoms with E-state index in [2.05, 4.69) is 31.0 Å². The normalized spacial score (nSPS) is 17.8. The van der Waals surface area contributed by atoms with Crippen molar-refractivity contribution in [3.8, 4) is 0 Å². The Morgan fingerprint density at radius 3 is 2.55 bits per heavy atom. The van der Waals surface area contributed by atoms with E-state index in [1.807, 2.05) is 12.1 Å². The van der Waals surface area contributed by atoms with Crippen LogP contribution in [0.3, 0.4) is 0 Å². The summed E-state index contributed by atoms with van der Waals surface area (Å²) in [5.41, 5.74) is 0.905. The summed E-state index contributed by atoms with van der Waals surface area (Å²) in [6.07, 6.45) is 3.72. The van der Waals surface area contributed by atoms with Crippen molar-refractivity contribution in [2.24, 2.45) is 5.41 Å². The Hall–Kier alpha value is -1.09. The molecule has 20 heavy (non-hydrogen) atoms. The van der Waals surface area contributed by atoms with E-state index in [0.29, 0.717) is 0 Å². The van der Waals surface area contributed by atoms with Crippen LogP contribution in [0.5, 0.6) is 0 Å². The molecule has 0 aromatic heterocycles. The summed E-state index contributed by atoms with van der Waals surface area (Å²) >= 11 is 0. The highest BCUT2D eigenvalue weighted by molar-refractivity contribution is 5.47. The van der Waals surface area contributed by atoms with Gasteiger partial charge in [0.2, 0.25) is 0 Å². The van der Waals surface area contributed by atoms with E-state index < -0.39 is 0 Å². The molecule has 2 rings (SSSR count). The van der Waals surface area contributed by atoms with Gasteiger partial charge in [0, 0.05) is 25.7 Å². The fourth-order valence-corrected chi connectivity index (χ4v) is 2.51. The van der Waals surface area contributed by atoms with Crippen LogP contribution in [-0.4, -0.2) is 25.7 Å². The average Bonchev–Trinajstić information content (AvgIpc) is 3.28. The molecule has 2 nitrogen and oxygen atoms in total. The van der Waals surface area contributed by atoms with Crippen molar-refractivity contribution in [2.45, 2.75) is 46.1 Å². The summed E-state index contributed by atoms with van der Waals surface area (Å²) in [7, 11) is 0. The fraction of sp³-hybridized carbons (Fsp3) is 0.647. The molecule has 0 bridgehead atoms. The zero-order valence-electron chi connectivity index (χ0n) is 13.0. The van der Waals surface area contributed by atoms with Gasteiger partial charge >= 0.3 is 0 Å². The first-order valence-corrected chi connectivity index (χ1v) is 7.81. The van der Waals surface area contributed by atoms with Crippen molar-refractivity contribution in [2.75, 3.05) is 24.5 Å². The molecule has 1 aliphatic carbocycles. The number of nitrogens with zero attached hydrogens (tertiary/aromatic N) is 1. The highest BCUT2D eigenvalue weighted by Gasteiger charge is 2.29. The minimum Gasteiger partial charge on any atom is -0.369 e. The molecule has 0 radical (unpaired) electrons. The quantitative estimate of drug-likeness (QED) is 0.777. The van der Waals surface area contributed by atoms with Gasteiger partial charge in [-0.25, -0.2) is 4.39 Å². The van der Waals surface area contributed by atoms with Crippen LogP contribution in [-0.2, 0) is 0 Å². The second-order valence-electron chi connectivity index (χ2n) is 6.28. The maximum Gasteiger partial charge on any atom is 0.146 e. The second kappa shape index (κ2) is 6.57. The molecule has 1 saturated carbocycles. The van der Waals surface area contributed by atoms with Gasteiger partial charge in [-0.3, -0.25) is 0 Å². The molecule has 1 aromatic rings. The third-order valence-electron chi connectivity index (χ3n) is 4.40. The summed E-state index contributed by atoms with van der Waals surface area (Å²) in [4.78, 5) is 2.16. The third-order valence-corrected chi connectivity index (χ3v) is 4.40. The number of halogens is 1. The number of rotatable bonds is 8. The topological polar surface area (TPSA) is 15.3 Å². The number of nitrogens with one attached hydrogen (secondary N) is 1. The Morgan fingerprint density at radius 2 is 2.00 bits per heavy atom. The van der Waals surface area contributed by atoms with Crippen LogP contribution in [0, 0.1) is 11.2 Å². The van der Waals surface area contributed by atoms with E-state index in [-0.39, 0.29) is 11.2 Å². The summed E-state index contributed by atoms with van der Waals surface area (Å²) < 4.78 is 14.0. The van der Waals surface area contributed by atoms with E-state index in [0.717, 1.165) is 37.8 Å². The summed E-state index contributed by atoms with van der Waals surface area (Å²) in [5, 5.41) is 3.62. The average molecular weight is 278 g/mol. The molecule has 0 heterocycles. The van der Waals surface area contributed by atoms with Gasteiger partial charge in [-0.2, -0.15) is 0 Å². The molecule has 0 aliphatic heterocycles. The van der Waals surface area contributed by atoms with Gasteiger partial charge in [-0.1, -0.05) is 26.0 Å². The summed E-state index contributed by atoms with van der Waals surface area (Å²) in [6, 6.07) is 7.81. The monoisotopic (exact) mass is 278 g/mol. The highest BCUT2D eigenvalue weighted by Crippen LogP contribution is 2.28. The maximum absolute atomic E-state index is 14.0. The largest absolute Gasteiger partial charge is 0.369 e. The Labute approximate surface area is 122 Å². The molecule has 1 atom stereocenters. The van der Waals surface area contributed by atoms with Gasteiger partial charge in [0.1, 0.15) is 5.82 Å². The van der Waals surface area contributed by atoms with Crippen molar-refractivity contribution in [1.29, 1.82) is 0 Å². The lowest BCUT2D eigenvalue weighted by Crippen LogP contribution is -2.43. The molecule has 1 fully saturated rings. The van der Waals surface area contributed by atoms with Crippen molar-refractivity contribution in [3.05, 3.63) is 30.1 Å². The molecule has 0 saturated heterocycles. The number of para-hydroxylation sites is 1. The Kier molecular flexibility index (Phi) is 5.03. The predicted molar refractivity (Wildman–Crippen MR) is 83.7 cm³/mol. The van der Waals surface area contributed by atoms with Gasteiger partial charge < -0.3 is 10.2 Å². The highest BCUT2D eigenvalue weighted by atomic mass is 19.1. The second-order valence-corrected chi connectivity index (χ2v) is 6.28. The van der Waals surface area contributed by atoms with Crippen LogP contribution >= 0.6 is 0 Å². The lowest BCUT2D eigenvalue weighted by molar-refractivity contribution is 0.294. The van der Waals surface area contributed by atoms with Crippen molar-refractivity contribution >= 4 is 5.69 Å². The predicted octanol–water partition coefficient (Wildman–Crippen LogP) is 3.82. The number of benzene rings is 1. The molecule has 1 aliphatic rings. The Balaban J connectivity index is 2.04. The number of hydrogen-bond acceptors (Lipinski definition) is 2. The zero-order valence-corrected chi connectivity index (χ0v) is 13.0. The lowest BCUT2D eigenvalue weighted by atomic mass is 9.86. The first kappa shape index (κ1) is 15.3. The van der Waals surface area contributed by atoms with Gasteiger partial charge in [-0.15, -0.1) is 0 Å². The van der Waals surface area contributed by atoms with Gasteiger partial charge in [0.15, 0.2) is 0 Å². The van der Waals surface area contributed by atoms with Gasteiger partial charge in [0.05, 0.1) is 5.69 Å². The summed E-state index contributed by atoms with van der Waals surface area (Å²) in [5.74, 6) is -0.122. The van der Waals surface area contributed by atoms with E-state index in [1.165, 1.54) is 12.8 Å². The van der Waals surface area contributed by atoms with E-state index in [1.54, 1.807) is 12.1 Å². The SMILES string of the molecule is CCN(CC(C)(CC)CNC1CC1)c1ccccc1F. The van der Waals surface area contributed by atoms with Crippen LogP contribution in [0.4, 0.5) is 10.1 Å². The van der Waals surface area contributed by atoms with Gasteiger partial charge in [-0.05, 0) is 43.7 Å². The van der Waals surface area contributed by atoms with Crippen LogP contribution in [0.1, 0.15) is 40.0 Å². The molecule has 3 heteroatoms. The minimum absolute atomic E-state index is 0.122. The van der Waals surface area contributed by atoms with Crippen LogP contribution in [0.2, 0.25) is 0 Å². The lowest BCUT2D eigenvalue weighted by Gasteiger charge is -2.36. The van der Waals surface area contributed by atoms with Crippen LogP contribution in [0.15, 0.2) is 24.3 Å². The standard InChI is InChI=1S/C17H27FN2/c1-4-17(3,12-19-14-10-11-14)13-20(5-2)16-9-7-6-8-15(16)18/h6-9,14,19H,4-5,10-13H2,1-3H3.